The summed E-state index contributed by atoms with van der Waals surface area (Å²) in [5, 5.41) is 4.22. The molecule has 0 bridgehead atoms. The molecule has 0 spiro atoms. The third-order valence-electron chi connectivity index (χ3n) is 3.09. The molecule has 0 aliphatic carbocycles. The van der Waals surface area contributed by atoms with E-state index in [2.05, 4.69) is 17.2 Å². The van der Waals surface area contributed by atoms with Gasteiger partial charge in [0.25, 0.3) is 0 Å². The molecule has 0 radical (unpaired) electrons. The molecule has 2 unspecified atom stereocenters. The SMILES string of the molecule is CC(N)CCOC(c1ccccc1)c1ccnn1C. The maximum atomic E-state index is 6.02. The quantitative estimate of drug-likeness (QED) is 0.865. The molecule has 0 fully saturated rings. The van der Waals surface area contributed by atoms with Crippen LogP contribution >= 0.6 is 0 Å². The Bertz CT molecular complexity index is 493. The number of nitrogens with two attached hydrogens (primary N) is 1. The lowest BCUT2D eigenvalue weighted by molar-refractivity contribution is 0.0704. The van der Waals surface area contributed by atoms with Crippen LogP contribution in [0.4, 0.5) is 0 Å². The zero-order chi connectivity index (χ0) is 13.7. The number of aromatic nitrogens is 2. The highest BCUT2D eigenvalue weighted by molar-refractivity contribution is 5.25. The largest absolute Gasteiger partial charge is 0.367 e. The van der Waals surface area contributed by atoms with Gasteiger partial charge in [-0.15, -0.1) is 0 Å². The summed E-state index contributed by atoms with van der Waals surface area (Å²) in [5.74, 6) is 0. The minimum atomic E-state index is -0.0903. The maximum Gasteiger partial charge on any atom is 0.124 e. The van der Waals surface area contributed by atoms with E-state index in [0.29, 0.717) is 6.61 Å². The first kappa shape index (κ1) is 13.8. The monoisotopic (exact) mass is 259 g/mol. The summed E-state index contributed by atoms with van der Waals surface area (Å²) in [4.78, 5) is 0. The summed E-state index contributed by atoms with van der Waals surface area (Å²) in [6, 6.07) is 12.3. The summed E-state index contributed by atoms with van der Waals surface area (Å²) in [6.45, 7) is 2.63. The van der Waals surface area contributed by atoms with Gasteiger partial charge in [0.15, 0.2) is 0 Å². The molecular formula is C15H21N3O. The Labute approximate surface area is 114 Å². The molecule has 1 aromatic carbocycles. The summed E-state index contributed by atoms with van der Waals surface area (Å²) >= 11 is 0. The van der Waals surface area contributed by atoms with Crippen molar-refractivity contribution in [3.63, 3.8) is 0 Å². The zero-order valence-electron chi connectivity index (χ0n) is 11.5. The Kier molecular flexibility index (Phi) is 4.71. The molecule has 0 saturated heterocycles. The predicted molar refractivity (Wildman–Crippen MR) is 75.7 cm³/mol. The highest BCUT2D eigenvalue weighted by Gasteiger charge is 2.17. The summed E-state index contributed by atoms with van der Waals surface area (Å²) in [7, 11) is 1.93. The van der Waals surface area contributed by atoms with Gasteiger partial charge in [0, 0.05) is 25.9 Å². The topological polar surface area (TPSA) is 53.1 Å². The second kappa shape index (κ2) is 6.50. The van der Waals surface area contributed by atoms with Gasteiger partial charge in [-0.05, 0) is 25.0 Å². The fraction of sp³-hybridized carbons (Fsp3) is 0.400. The molecular weight excluding hydrogens is 238 g/mol. The number of ether oxygens (including phenoxy) is 1. The van der Waals surface area contributed by atoms with Gasteiger partial charge in [0.1, 0.15) is 6.10 Å². The van der Waals surface area contributed by atoms with E-state index in [1.807, 2.05) is 42.9 Å². The average molecular weight is 259 g/mol. The van der Waals surface area contributed by atoms with Crippen molar-refractivity contribution in [1.82, 2.24) is 9.78 Å². The third kappa shape index (κ3) is 3.66. The first-order valence-electron chi connectivity index (χ1n) is 6.58. The fourth-order valence-corrected chi connectivity index (χ4v) is 1.99. The molecule has 0 aliphatic heterocycles. The highest BCUT2D eigenvalue weighted by atomic mass is 16.5. The molecule has 4 nitrogen and oxygen atoms in total. The van der Waals surface area contributed by atoms with Crippen LogP contribution in [0.25, 0.3) is 0 Å². The number of benzene rings is 1. The van der Waals surface area contributed by atoms with E-state index in [1.54, 1.807) is 6.20 Å². The standard InChI is InChI=1S/C15H21N3O/c1-12(16)9-11-19-15(13-6-4-3-5-7-13)14-8-10-17-18(14)2/h3-8,10,12,15H,9,11,16H2,1-2H3. The van der Waals surface area contributed by atoms with Crippen LogP contribution in [0.1, 0.15) is 30.7 Å². The van der Waals surface area contributed by atoms with Gasteiger partial charge in [-0.2, -0.15) is 5.10 Å². The van der Waals surface area contributed by atoms with E-state index in [9.17, 15) is 0 Å². The van der Waals surface area contributed by atoms with Gasteiger partial charge in [-0.25, -0.2) is 0 Å². The molecule has 4 heteroatoms. The molecule has 1 aromatic heterocycles. The smallest absolute Gasteiger partial charge is 0.124 e. The average Bonchev–Trinajstić information content (AvgIpc) is 2.82. The van der Waals surface area contributed by atoms with E-state index in [4.69, 9.17) is 10.5 Å². The molecule has 2 N–H and O–H groups in total. The van der Waals surface area contributed by atoms with Crippen LogP contribution in [-0.4, -0.2) is 22.4 Å². The number of aryl methyl sites for hydroxylation is 1. The fourth-order valence-electron chi connectivity index (χ4n) is 1.99. The molecule has 2 atom stereocenters. The molecule has 2 aromatic rings. The minimum Gasteiger partial charge on any atom is -0.367 e. The molecule has 19 heavy (non-hydrogen) atoms. The van der Waals surface area contributed by atoms with Crippen LogP contribution in [-0.2, 0) is 11.8 Å². The van der Waals surface area contributed by atoms with E-state index < -0.39 is 0 Å². The summed E-state index contributed by atoms with van der Waals surface area (Å²) < 4.78 is 7.87. The summed E-state index contributed by atoms with van der Waals surface area (Å²) in [5.41, 5.74) is 7.96. The number of rotatable bonds is 6. The highest BCUT2D eigenvalue weighted by Crippen LogP contribution is 2.25. The Balaban J connectivity index is 2.17. The Hall–Kier alpha value is -1.65. The van der Waals surface area contributed by atoms with Gasteiger partial charge in [-0.3, -0.25) is 4.68 Å². The normalized spacial score (nSPS) is 14.3. The second-order valence-electron chi connectivity index (χ2n) is 4.81. The van der Waals surface area contributed by atoms with Crippen molar-refractivity contribution in [1.29, 1.82) is 0 Å². The van der Waals surface area contributed by atoms with E-state index in [0.717, 1.165) is 17.7 Å². The number of hydrogen-bond acceptors (Lipinski definition) is 3. The van der Waals surface area contributed by atoms with Gasteiger partial charge < -0.3 is 10.5 Å². The van der Waals surface area contributed by atoms with Crippen molar-refractivity contribution < 1.29 is 4.74 Å². The van der Waals surface area contributed by atoms with Crippen molar-refractivity contribution in [2.45, 2.75) is 25.5 Å². The van der Waals surface area contributed by atoms with Crippen LogP contribution in [0.3, 0.4) is 0 Å². The molecule has 0 amide bonds. The summed E-state index contributed by atoms with van der Waals surface area (Å²) in [6.07, 6.45) is 2.55. The Morgan fingerprint density at radius 3 is 2.58 bits per heavy atom. The molecule has 1 heterocycles. The third-order valence-corrected chi connectivity index (χ3v) is 3.09. The first-order chi connectivity index (χ1) is 9.18. The Morgan fingerprint density at radius 1 is 1.26 bits per heavy atom. The van der Waals surface area contributed by atoms with Crippen LogP contribution in [0.2, 0.25) is 0 Å². The first-order valence-corrected chi connectivity index (χ1v) is 6.58. The van der Waals surface area contributed by atoms with Gasteiger partial charge in [0.2, 0.25) is 0 Å². The van der Waals surface area contributed by atoms with Gasteiger partial charge in [-0.1, -0.05) is 30.3 Å². The van der Waals surface area contributed by atoms with Crippen molar-refractivity contribution in [3.8, 4) is 0 Å². The zero-order valence-corrected chi connectivity index (χ0v) is 11.5. The van der Waals surface area contributed by atoms with Crippen LogP contribution in [0.15, 0.2) is 42.6 Å². The lowest BCUT2D eigenvalue weighted by Gasteiger charge is -2.19. The van der Waals surface area contributed by atoms with E-state index in [1.165, 1.54) is 0 Å². The van der Waals surface area contributed by atoms with Gasteiger partial charge in [0.05, 0.1) is 5.69 Å². The van der Waals surface area contributed by atoms with Crippen LogP contribution in [0, 0.1) is 0 Å². The van der Waals surface area contributed by atoms with Crippen molar-refractivity contribution in [3.05, 3.63) is 53.9 Å². The molecule has 102 valence electrons. The van der Waals surface area contributed by atoms with Crippen molar-refractivity contribution in [2.24, 2.45) is 12.8 Å². The Morgan fingerprint density at radius 2 is 2.00 bits per heavy atom. The van der Waals surface area contributed by atoms with Crippen molar-refractivity contribution >= 4 is 0 Å². The lowest BCUT2D eigenvalue weighted by atomic mass is 10.1. The van der Waals surface area contributed by atoms with E-state index in [-0.39, 0.29) is 12.1 Å². The van der Waals surface area contributed by atoms with Crippen LogP contribution < -0.4 is 5.73 Å². The van der Waals surface area contributed by atoms with Crippen LogP contribution in [0.5, 0.6) is 0 Å². The maximum absolute atomic E-state index is 6.02. The minimum absolute atomic E-state index is 0.0903. The molecule has 2 rings (SSSR count). The molecule has 0 aliphatic rings. The van der Waals surface area contributed by atoms with Crippen molar-refractivity contribution in [2.75, 3.05) is 6.61 Å². The second-order valence-corrected chi connectivity index (χ2v) is 4.81. The lowest BCUT2D eigenvalue weighted by Crippen LogP contribution is -2.19. The number of hydrogen-bond donors (Lipinski definition) is 1. The van der Waals surface area contributed by atoms with Gasteiger partial charge >= 0.3 is 0 Å². The predicted octanol–water partition coefficient (Wildman–Crippen LogP) is 2.26. The number of nitrogens with zero attached hydrogens (tertiary/aromatic N) is 2. The van der Waals surface area contributed by atoms with E-state index >= 15 is 0 Å². The molecule has 0 saturated carbocycles.